The van der Waals surface area contributed by atoms with Gasteiger partial charge in [-0.15, -0.1) is 0 Å². The number of carboxylic acids is 1. The lowest BCUT2D eigenvalue weighted by Crippen LogP contribution is -2.34. The molecule has 0 spiro atoms. The van der Waals surface area contributed by atoms with Crippen LogP contribution in [0.25, 0.3) is 0 Å². The van der Waals surface area contributed by atoms with Crippen molar-refractivity contribution in [1.29, 1.82) is 0 Å². The molecule has 0 aliphatic rings. The largest absolute Gasteiger partial charge is 0.478 e. The zero-order valence-corrected chi connectivity index (χ0v) is 13.5. The third kappa shape index (κ3) is 4.98. The summed E-state index contributed by atoms with van der Waals surface area (Å²) >= 11 is 0. The minimum atomic E-state index is -0.963. The highest BCUT2D eigenvalue weighted by molar-refractivity contribution is 5.87. The minimum absolute atomic E-state index is 0.0487. The fourth-order valence-electron chi connectivity index (χ4n) is 2.47. The fourth-order valence-corrected chi connectivity index (χ4v) is 2.47. The van der Waals surface area contributed by atoms with Crippen LogP contribution < -0.4 is 5.32 Å². The predicted molar refractivity (Wildman–Crippen MR) is 88.4 cm³/mol. The highest BCUT2D eigenvalue weighted by atomic mass is 16.4. The first-order valence-electron chi connectivity index (χ1n) is 7.67. The molecule has 1 unspecified atom stereocenters. The van der Waals surface area contributed by atoms with Crippen LogP contribution in [-0.4, -0.2) is 27.6 Å². The van der Waals surface area contributed by atoms with E-state index < -0.39 is 5.97 Å². The Balaban J connectivity index is 1.79. The van der Waals surface area contributed by atoms with Gasteiger partial charge in [-0.1, -0.05) is 12.1 Å². The molecule has 1 aromatic heterocycles. The Bertz CT molecular complexity index is 674. The molecule has 0 saturated heterocycles. The minimum Gasteiger partial charge on any atom is -0.478 e. The van der Waals surface area contributed by atoms with Gasteiger partial charge in [0.25, 0.3) is 0 Å². The van der Waals surface area contributed by atoms with Gasteiger partial charge >= 0.3 is 5.97 Å². The second-order valence-electron chi connectivity index (χ2n) is 5.80. The van der Waals surface area contributed by atoms with Gasteiger partial charge < -0.3 is 15.0 Å². The molecule has 0 bridgehead atoms. The molecule has 2 N–H and O–H groups in total. The molecule has 0 aliphatic carbocycles. The number of aromatic nitrogens is 1. The van der Waals surface area contributed by atoms with Crippen molar-refractivity contribution in [3.63, 3.8) is 0 Å². The number of hydrogen-bond donors (Lipinski definition) is 2. The average Bonchev–Trinajstić information content (AvgIpc) is 2.91. The Hall–Kier alpha value is -2.56. The molecule has 5 heteroatoms. The van der Waals surface area contributed by atoms with E-state index in [1.54, 1.807) is 12.1 Å². The number of carbonyl (C=O) groups is 2. The number of nitrogens with zero attached hydrogens (tertiary/aromatic N) is 1. The predicted octanol–water partition coefficient (Wildman–Crippen LogP) is 2.40. The average molecular weight is 314 g/mol. The summed E-state index contributed by atoms with van der Waals surface area (Å²) in [6.07, 6.45) is 4.06. The van der Waals surface area contributed by atoms with Crippen molar-refractivity contribution in [2.45, 2.75) is 32.2 Å². The summed E-state index contributed by atoms with van der Waals surface area (Å²) in [4.78, 5) is 22.8. The van der Waals surface area contributed by atoms with Gasteiger partial charge in [0.2, 0.25) is 5.91 Å². The summed E-state index contributed by atoms with van der Waals surface area (Å²) in [7, 11) is 2.01. The zero-order chi connectivity index (χ0) is 16.8. The molecule has 2 rings (SSSR count). The molecular formula is C18H22N2O3. The first-order chi connectivity index (χ1) is 11.0. The van der Waals surface area contributed by atoms with Crippen LogP contribution in [0.2, 0.25) is 0 Å². The van der Waals surface area contributed by atoms with Gasteiger partial charge in [-0.25, -0.2) is 4.79 Å². The molecule has 0 radical (unpaired) electrons. The number of amides is 1. The van der Waals surface area contributed by atoms with Crippen LogP contribution in [0.5, 0.6) is 0 Å². The first kappa shape index (κ1) is 16.8. The summed E-state index contributed by atoms with van der Waals surface area (Å²) in [5.41, 5.74) is 2.28. The topological polar surface area (TPSA) is 71.3 Å². The van der Waals surface area contributed by atoms with E-state index in [-0.39, 0.29) is 23.9 Å². The fraction of sp³-hybridized carbons (Fsp3) is 0.333. The van der Waals surface area contributed by atoms with E-state index in [2.05, 4.69) is 16.0 Å². The number of carboxylic acid groups (broad SMARTS) is 1. The number of aryl methyl sites for hydroxylation is 2. The number of rotatable bonds is 7. The van der Waals surface area contributed by atoms with Crippen LogP contribution in [-0.2, 0) is 24.7 Å². The summed E-state index contributed by atoms with van der Waals surface area (Å²) in [6.45, 7) is 1.99. The van der Waals surface area contributed by atoms with Gasteiger partial charge in [0.15, 0.2) is 0 Å². The van der Waals surface area contributed by atoms with Gasteiger partial charge in [0, 0.05) is 25.0 Å². The lowest BCUT2D eigenvalue weighted by Gasteiger charge is -2.14. The summed E-state index contributed by atoms with van der Waals surface area (Å²) < 4.78 is 2.08. The molecule has 2 aromatic rings. The standard InChI is InChI=1S/C18H22N2O3/c1-13(5-10-16-4-3-11-20(16)2)19-17(21)12-14-6-8-15(9-7-14)18(22)23/h3-4,6-9,11,13H,5,10,12H2,1-2H3,(H,19,21)(H,22,23). The third-order valence-corrected chi connectivity index (χ3v) is 3.86. The molecule has 23 heavy (non-hydrogen) atoms. The number of hydrogen-bond acceptors (Lipinski definition) is 2. The Morgan fingerprint density at radius 3 is 2.48 bits per heavy atom. The lowest BCUT2D eigenvalue weighted by molar-refractivity contribution is -0.121. The van der Waals surface area contributed by atoms with Crippen LogP contribution in [0.1, 0.15) is 35.0 Å². The van der Waals surface area contributed by atoms with E-state index in [1.807, 2.05) is 26.2 Å². The van der Waals surface area contributed by atoms with Gasteiger partial charge in [0.1, 0.15) is 0 Å². The molecule has 1 aromatic carbocycles. The van der Waals surface area contributed by atoms with Crippen molar-refractivity contribution in [3.05, 3.63) is 59.4 Å². The van der Waals surface area contributed by atoms with Crippen LogP contribution in [0.15, 0.2) is 42.6 Å². The zero-order valence-electron chi connectivity index (χ0n) is 13.5. The van der Waals surface area contributed by atoms with Crippen LogP contribution >= 0.6 is 0 Å². The van der Waals surface area contributed by atoms with Gasteiger partial charge in [-0.3, -0.25) is 4.79 Å². The highest BCUT2D eigenvalue weighted by Crippen LogP contribution is 2.07. The van der Waals surface area contributed by atoms with Crippen LogP contribution in [0.3, 0.4) is 0 Å². The maximum Gasteiger partial charge on any atom is 0.335 e. The lowest BCUT2D eigenvalue weighted by atomic mass is 10.1. The smallest absolute Gasteiger partial charge is 0.335 e. The van der Waals surface area contributed by atoms with Crippen molar-refractivity contribution in [3.8, 4) is 0 Å². The SMILES string of the molecule is CC(CCc1cccn1C)NC(=O)Cc1ccc(C(=O)O)cc1. The Morgan fingerprint density at radius 2 is 1.91 bits per heavy atom. The van der Waals surface area contributed by atoms with Crippen molar-refractivity contribution in [1.82, 2.24) is 9.88 Å². The van der Waals surface area contributed by atoms with Crippen LogP contribution in [0, 0.1) is 0 Å². The molecule has 1 atom stereocenters. The quantitative estimate of drug-likeness (QED) is 0.824. The maximum absolute atomic E-state index is 12.0. The Labute approximate surface area is 135 Å². The molecule has 122 valence electrons. The van der Waals surface area contributed by atoms with E-state index in [9.17, 15) is 9.59 Å². The van der Waals surface area contributed by atoms with Gasteiger partial charge in [-0.2, -0.15) is 0 Å². The molecule has 1 heterocycles. The maximum atomic E-state index is 12.0. The second kappa shape index (κ2) is 7.63. The second-order valence-corrected chi connectivity index (χ2v) is 5.80. The molecule has 0 fully saturated rings. The molecule has 1 amide bonds. The van der Waals surface area contributed by atoms with Crippen molar-refractivity contribution >= 4 is 11.9 Å². The van der Waals surface area contributed by atoms with E-state index >= 15 is 0 Å². The Morgan fingerprint density at radius 1 is 1.22 bits per heavy atom. The van der Waals surface area contributed by atoms with Gasteiger partial charge in [-0.05, 0) is 49.6 Å². The molecular weight excluding hydrogens is 292 g/mol. The number of benzene rings is 1. The number of nitrogens with one attached hydrogen (secondary N) is 1. The van der Waals surface area contributed by atoms with Crippen molar-refractivity contribution in [2.75, 3.05) is 0 Å². The summed E-state index contributed by atoms with van der Waals surface area (Å²) in [5, 5.41) is 11.8. The normalized spacial score (nSPS) is 11.9. The number of aromatic carboxylic acids is 1. The van der Waals surface area contributed by atoms with Crippen LogP contribution in [0.4, 0.5) is 0 Å². The highest BCUT2D eigenvalue weighted by Gasteiger charge is 2.10. The summed E-state index contributed by atoms with van der Waals surface area (Å²) in [6, 6.07) is 10.6. The van der Waals surface area contributed by atoms with E-state index in [4.69, 9.17) is 5.11 Å². The van der Waals surface area contributed by atoms with E-state index in [1.165, 1.54) is 17.8 Å². The van der Waals surface area contributed by atoms with Gasteiger partial charge in [0.05, 0.1) is 12.0 Å². The first-order valence-corrected chi connectivity index (χ1v) is 7.67. The van der Waals surface area contributed by atoms with E-state index in [0.29, 0.717) is 0 Å². The van der Waals surface area contributed by atoms with E-state index in [0.717, 1.165) is 18.4 Å². The molecule has 5 nitrogen and oxygen atoms in total. The van der Waals surface area contributed by atoms with Crippen molar-refractivity contribution < 1.29 is 14.7 Å². The monoisotopic (exact) mass is 314 g/mol. The third-order valence-electron chi connectivity index (χ3n) is 3.86. The van der Waals surface area contributed by atoms with Crippen molar-refractivity contribution in [2.24, 2.45) is 7.05 Å². The molecule has 0 saturated carbocycles. The summed E-state index contributed by atoms with van der Waals surface area (Å²) in [5.74, 6) is -1.01. The Kier molecular flexibility index (Phi) is 5.57. The number of carbonyl (C=O) groups excluding carboxylic acids is 1. The molecule has 0 aliphatic heterocycles.